The van der Waals surface area contributed by atoms with Crippen LogP contribution in [0.15, 0.2) is 12.2 Å². The molecule has 0 bridgehead atoms. The summed E-state index contributed by atoms with van der Waals surface area (Å²) in [7, 11) is 0. The molecule has 8 aliphatic heterocycles. The summed E-state index contributed by atoms with van der Waals surface area (Å²) < 4.78 is 96.5. The van der Waals surface area contributed by atoms with E-state index in [4.69, 9.17) is 75.8 Å². The van der Waals surface area contributed by atoms with Crippen LogP contribution in [0.2, 0.25) is 0 Å². The Morgan fingerprint density at radius 2 is 0.747 bits per heavy atom. The number of carboxylic acids is 1. The summed E-state index contributed by atoms with van der Waals surface area (Å²) in [5.74, 6) is -8.25. The summed E-state index contributed by atoms with van der Waals surface area (Å²) in [6, 6.07) is -6.81. The van der Waals surface area contributed by atoms with E-state index in [0.29, 0.717) is 12.8 Å². The molecule has 28 N–H and O–H groups in total. The van der Waals surface area contributed by atoms with E-state index in [0.717, 1.165) is 85.0 Å². The smallest absolute Gasteiger partial charge is 0.364 e. The zero-order valence-corrected chi connectivity index (χ0v) is 84.7. The summed E-state index contributed by atoms with van der Waals surface area (Å²) >= 11 is 0. The lowest BCUT2D eigenvalue weighted by Gasteiger charge is -2.52. The molecule has 8 fully saturated rings. The molecule has 0 radical (unpaired) electrons. The second kappa shape index (κ2) is 64.8. The van der Waals surface area contributed by atoms with E-state index in [1.54, 1.807) is 6.08 Å². The fraction of sp³-hybridized carbons (Fsp3) is 0.928. The molecule has 146 heavy (non-hydrogen) atoms. The Labute approximate surface area is 851 Å². The van der Waals surface area contributed by atoms with Gasteiger partial charge in [0, 0.05) is 33.6 Å². The maximum atomic E-state index is 13.7. The molecule has 16 unspecified atom stereocenters. The highest BCUT2D eigenvalue weighted by atomic mass is 16.8. The molecule has 8 rings (SSSR count). The van der Waals surface area contributed by atoms with E-state index in [2.05, 4.69) is 35.1 Å². The average Bonchev–Trinajstić information content (AvgIpc) is 0.763. The lowest BCUT2D eigenvalue weighted by molar-refractivity contribution is -0.397. The monoisotopic (exact) mass is 2110 g/mol. The van der Waals surface area contributed by atoms with Crippen LogP contribution >= 0.6 is 0 Å². The summed E-state index contributed by atoms with van der Waals surface area (Å²) in [6.07, 6.45) is -40.9. The predicted octanol–water partition coefficient (Wildman–Crippen LogP) is -4.84. The van der Waals surface area contributed by atoms with Crippen LogP contribution in [0.5, 0.6) is 0 Å². The largest absolute Gasteiger partial charge is 0.477 e. The summed E-state index contributed by atoms with van der Waals surface area (Å²) in [6.45, 7) is -0.0550. The van der Waals surface area contributed by atoms with Crippen molar-refractivity contribution < 1.29 is 222 Å². The molecule has 0 aromatic rings. The van der Waals surface area contributed by atoms with Gasteiger partial charge in [0.2, 0.25) is 23.6 Å². The molecule has 4 amide bonds. The molecule has 0 aromatic heterocycles. The minimum Gasteiger partial charge on any atom is -0.477 e. The Balaban J connectivity index is 0.961. The number of hydrogen-bond acceptors (Lipinski definition) is 44. The van der Waals surface area contributed by atoms with Crippen molar-refractivity contribution in [1.82, 2.24) is 21.3 Å². The Morgan fingerprint density at radius 3 is 1.21 bits per heavy atom. The summed E-state index contributed by atoms with van der Waals surface area (Å²) in [5.41, 5.74) is 0. The summed E-state index contributed by atoms with van der Waals surface area (Å²) in [4.78, 5) is 65.7. The second-order valence-corrected chi connectivity index (χ2v) is 39.9. The Bertz CT molecular complexity index is 3700. The maximum Gasteiger partial charge on any atom is 0.364 e. The Kier molecular flexibility index (Phi) is 56.2. The van der Waals surface area contributed by atoms with Gasteiger partial charge in [0.05, 0.1) is 83.3 Å². The zero-order valence-electron chi connectivity index (χ0n) is 84.7. The van der Waals surface area contributed by atoms with Crippen LogP contribution in [-0.2, 0) is 99.8 Å². The van der Waals surface area contributed by atoms with Crippen molar-refractivity contribution >= 4 is 29.6 Å². The van der Waals surface area contributed by atoms with E-state index in [-0.39, 0.29) is 12.3 Å². The van der Waals surface area contributed by atoms with E-state index in [9.17, 15) is 147 Å². The van der Waals surface area contributed by atoms with Gasteiger partial charge in [-0.2, -0.15) is 0 Å². The lowest BCUT2D eigenvalue weighted by atomic mass is 9.88. The molecule has 0 spiro atoms. The standard InChI is InChI=1S/C97H172N4O45/c1-7-9-11-13-15-17-19-21-22-23-24-25-26-28-30-32-34-36-38-40-64(114)101-54(55(111)39-37-35-33-31-29-27-20-18-16-14-12-10-8-2)48-131-91-79(126)76(123)83(61(46-106)138-91)141-94-80(127)88(72(119)58(43-103)134-94)145-90-67(100-53(6)110)86(143-92-77(124)74(121)68(115)50(3)133-92)84(62(47-107)137-90)142-95-81(128)87(71(118)59(44-104)135-95)144-89-66(99-52(5)109)73(120)82(60(45-105)136-89)140-93-78(125)75(122)70(117)63(139-93)49-132-97(96(129)130)41-56(112)65(98-51(4)108)85(146-97)69(116)57(113)42-102/h37,39,50,54-63,65-95,102-107,111-113,115-128H,7-36,38,40-49H2,1-6H3,(H,98,108)(H,99,109)(H,100,110)(H,101,114)(H,129,130)/b39-37+/t50?,54-,55+,56?,57+,58?,59?,60?,61?,62?,63?,65+,66?,67?,68+,69+,70-,71-,72-,73+,74?,75-,76+,77-,78?,79?,80?,81?,82+,83+,84+,85?,86+,87-,88-,89-,90-,91+,92+,93-,94-,95-,97+/m0/s1. The lowest BCUT2D eigenvalue weighted by Crippen LogP contribution is -2.72. The minimum atomic E-state index is -3.06. The number of aliphatic hydroxyl groups excluding tert-OH is 23. The van der Waals surface area contributed by atoms with Gasteiger partial charge in [0.1, 0.15) is 183 Å². The maximum absolute atomic E-state index is 13.7. The summed E-state index contributed by atoms with van der Waals surface area (Å²) in [5, 5.41) is 282. The molecular weight excluding hydrogens is 1940 g/mol. The first-order chi connectivity index (χ1) is 69.8. The van der Waals surface area contributed by atoms with Crippen LogP contribution in [0.1, 0.15) is 253 Å². The highest BCUT2D eigenvalue weighted by molar-refractivity contribution is 5.77. The molecule has 0 aliphatic carbocycles. The van der Waals surface area contributed by atoms with Crippen molar-refractivity contribution in [2.75, 3.05) is 52.9 Å². The van der Waals surface area contributed by atoms with Gasteiger partial charge in [0.15, 0.2) is 44.0 Å². The highest BCUT2D eigenvalue weighted by Crippen LogP contribution is 2.42. The third-order valence-corrected chi connectivity index (χ3v) is 28.3. The molecule has 8 heterocycles. The van der Waals surface area contributed by atoms with Crippen molar-refractivity contribution in [3.8, 4) is 0 Å². The van der Waals surface area contributed by atoms with E-state index < -0.39 is 346 Å². The van der Waals surface area contributed by atoms with Gasteiger partial charge in [-0.15, -0.1) is 0 Å². The number of carboxylic acid groups (broad SMARTS) is 1. The molecule has 0 saturated carbocycles. The van der Waals surface area contributed by atoms with Crippen LogP contribution in [0, 0.1) is 0 Å². The number of allylic oxidation sites excluding steroid dienone is 1. The molecule has 850 valence electrons. The van der Waals surface area contributed by atoms with Gasteiger partial charge in [-0.3, -0.25) is 19.2 Å². The Morgan fingerprint density at radius 1 is 0.377 bits per heavy atom. The first-order valence-electron chi connectivity index (χ1n) is 52.5. The van der Waals surface area contributed by atoms with Gasteiger partial charge >= 0.3 is 5.97 Å². The first-order valence-corrected chi connectivity index (χ1v) is 52.5. The number of ether oxygens (including phenoxy) is 16. The predicted molar refractivity (Wildman–Crippen MR) is 505 cm³/mol. The van der Waals surface area contributed by atoms with Crippen LogP contribution < -0.4 is 21.3 Å². The number of aliphatic carboxylic acids is 1. The number of carbonyl (C=O) groups is 5. The van der Waals surface area contributed by atoms with E-state index in [1.807, 2.05) is 6.08 Å². The average molecular weight is 2110 g/mol. The van der Waals surface area contributed by atoms with Crippen LogP contribution in [-0.4, -0.2) is 468 Å². The minimum absolute atomic E-state index is 0.132. The number of carbonyl (C=O) groups excluding carboxylic acids is 4. The Hall–Kier alpha value is -4.47. The van der Waals surface area contributed by atoms with Crippen molar-refractivity contribution in [2.24, 2.45) is 0 Å². The number of aliphatic hydroxyl groups is 23. The molecule has 8 saturated heterocycles. The van der Waals surface area contributed by atoms with E-state index >= 15 is 0 Å². The number of nitrogens with one attached hydrogen (secondary N) is 4. The fourth-order valence-electron chi connectivity index (χ4n) is 19.7. The van der Waals surface area contributed by atoms with Gasteiger partial charge < -0.3 is 220 Å². The molecule has 49 nitrogen and oxygen atoms in total. The highest BCUT2D eigenvalue weighted by Gasteiger charge is 2.62. The fourth-order valence-corrected chi connectivity index (χ4v) is 19.7. The van der Waals surface area contributed by atoms with E-state index in [1.165, 1.54) is 129 Å². The number of hydrogen-bond donors (Lipinski definition) is 28. The zero-order chi connectivity index (χ0) is 107. The molecule has 0 aromatic carbocycles. The SMILES string of the molecule is CCCCCCCCCCCCC/C=C/[C@@H](O)[C@H](CO[C@@H]1OC(CO)[C@@H](O[C@@H]2OC(CO)[C@H](O)[C@H](O[C@@H]3OC(CO)[C@@H](O[C@@H]4OC(CO)[C@H](O)[C@H](O[C@@H]5OC(CO)[C@@H](O[C@@H]6OC(CO[C@]7(C(=O)O)CC(O)[C@@H](NC(C)=O)C([C@H](O)[C@H](O)CO)O7)[C@H](O)[C@H](O)C6O)[C@H](O)C5NC(C)=O)C4O)[C@H](O[C@H]4OC(C)[C@@H](O)C(O)[C@@H]4O)C3NC(C)=O)C2O)[C@H](O)C1O)NC(=O)CCCCCCCCCCCCCCCCCCCCC. The second-order valence-electron chi connectivity index (χ2n) is 39.9. The molecular formula is C97H172N4O45. The van der Waals surface area contributed by atoms with Crippen molar-refractivity contribution in [3.63, 3.8) is 0 Å². The van der Waals surface area contributed by atoms with Crippen molar-refractivity contribution in [2.45, 2.75) is 517 Å². The van der Waals surface area contributed by atoms with Crippen molar-refractivity contribution in [1.29, 1.82) is 0 Å². The van der Waals surface area contributed by atoms with Crippen molar-refractivity contribution in [3.05, 3.63) is 12.2 Å². The van der Waals surface area contributed by atoms with Crippen LogP contribution in [0.4, 0.5) is 0 Å². The van der Waals surface area contributed by atoms with Crippen LogP contribution in [0.25, 0.3) is 0 Å². The third-order valence-electron chi connectivity index (χ3n) is 28.3. The number of rotatable bonds is 65. The topological polar surface area (TPSA) is 767 Å². The van der Waals surface area contributed by atoms with Crippen LogP contribution in [0.3, 0.4) is 0 Å². The van der Waals surface area contributed by atoms with Gasteiger partial charge in [-0.25, -0.2) is 4.79 Å². The quantitative estimate of drug-likeness (QED) is 0.0201. The molecule has 49 heteroatoms. The third kappa shape index (κ3) is 36.6. The molecule has 43 atom stereocenters. The number of unbranched alkanes of at least 4 members (excludes halogenated alkanes) is 29. The first kappa shape index (κ1) is 127. The normalized spacial score (nSPS) is 38.1. The van der Waals surface area contributed by atoms with Gasteiger partial charge in [-0.1, -0.05) is 206 Å². The van der Waals surface area contributed by atoms with Gasteiger partial charge in [-0.05, 0) is 26.2 Å². The molecule has 8 aliphatic rings. The number of amides is 4. The van der Waals surface area contributed by atoms with Gasteiger partial charge in [0.25, 0.3) is 5.79 Å².